The lowest BCUT2D eigenvalue weighted by Crippen LogP contribution is -2.17. The van der Waals surface area contributed by atoms with E-state index in [1.807, 2.05) is 31.2 Å². The summed E-state index contributed by atoms with van der Waals surface area (Å²) in [7, 11) is 1.69. The lowest BCUT2D eigenvalue weighted by Gasteiger charge is -2.21. The molecule has 0 fully saturated rings. The first-order valence-corrected chi connectivity index (χ1v) is 6.51. The van der Waals surface area contributed by atoms with Crippen LogP contribution in [0.2, 0.25) is 5.15 Å². The third kappa shape index (κ3) is 3.46. The van der Waals surface area contributed by atoms with Gasteiger partial charge in [-0.1, -0.05) is 41.9 Å². The molecule has 0 bridgehead atoms. The number of anilines is 1. The Morgan fingerprint density at radius 1 is 1.26 bits per heavy atom. The van der Waals surface area contributed by atoms with Gasteiger partial charge in [0.15, 0.2) is 5.15 Å². The number of rotatable bonds is 5. The van der Waals surface area contributed by atoms with E-state index >= 15 is 0 Å². The van der Waals surface area contributed by atoms with Crippen molar-refractivity contribution in [2.45, 2.75) is 13.0 Å². The molecule has 1 N–H and O–H groups in total. The van der Waals surface area contributed by atoms with Crippen molar-refractivity contribution in [3.63, 3.8) is 0 Å². The average molecular weight is 277 g/mol. The van der Waals surface area contributed by atoms with Gasteiger partial charge in [-0.3, -0.25) is 0 Å². The third-order valence-corrected chi connectivity index (χ3v) is 3.25. The summed E-state index contributed by atoms with van der Waals surface area (Å²) in [6, 6.07) is 12.1. The van der Waals surface area contributed by atoms with Gasteiger partial charge in [0.1, 0.15) is 0 Å². The van der Waals surface area contributed by atoms with E-state index < -0.39 is 0 Å². The van der Waals surface area contributed by atoms with Crippen LogP contribution in [0.4, 0.5) is 5.69 Å². The molecule has 4 heteroatoms. The topological polar surface area (TPSA) is 34.1 Å². The number of hydrogen-bond donors (Lipinski definition) is 1. The second-order valence-corrected chi connectivity index (χ2v) is 4.71. The van der Waals surface area contributed by atoms with Gasteiger partial charge in [0.25, 0.3) is 0 Å². The highest BCUT2D eigenvalue weighted by atomic mass is 35.5. The largest absolute Gasteiger partial charge is 0.382 e. The second kappa shape index (κ2) is 6.55. The number of nitrogens with zero attached hydrogens (tertiary/aromatic N) is 1. The fourth-order valence-corrected chi connectivity index (χ4v) is 2.21. The van der Waals surface area contributed by atoms with Crippen molar-refractivity contribution in [1.82, 2.24) is 4.98 Å². The van der Waals surface area contributed by atoms with Gasteiger partial charge in [-0.25, -0.2) is 4.98 Å². The van der Waals surface area contributed by atoms with Crippen LogP contribution in [0.3, 0.4) is 0 Å². The average Bonchev–Trinajstić information content (AvgIpc) is 2.43. The van der Waals surface area contributed by atoms with Crippen molar-refractivity contribution in [2.24, 2.45) is 0 Å². The normalized spacial score (nSPS) is 12.2. The quantitative estimate of drug-likeness (QED) is 0.843. The van der Waals surface area contributed by atoms with E-state index in [2.05, 4.69) is 22.4 Å². The number of ether oxygens (including phenoxy) is 1. The Hall–Kier alpha value is -1.58. The molecular formula is C15H17ClN2O. The predicted molar refractivity (Wildman–Crippen MR) is 78.7 cm³/mol. The molecule has 0 aliphatic heterocycles. The molecule has 19 heavy (non-hydrogen) atoms. The van der Waals surface area contributed by atoms with Gasteiger partial charge >= 0.3 is 0 Å². The maximum absolute atomic E-state index is 6.15. The van der Waals surface area contributed by atoms with Crippen LogP contribution in [0.5, 0.6) is 0 Å². The summed E-state index contributed by atoms with van der Waals surface area (Å²) in [5.41, 5.74) is 3.08. The van der Waals surface area contributed by atoms with E-state index in [1.54, 1.807) is 13.3 Å². The van der Waals surface area contributed by atoms with Gasteiger partial charge in [0.05, 0.1) is 18.3 Å². The smallest absolute Gasteiger partial charge is 0.152 e. The van der Waals surface area contributed by atoms with Gasteiger partial charge in [0, 0.05) is 13.3 Å². The van der Waals surface area contributed by atoms with Crippen LogP contribution < -0.4 is 5.32 Å². The zero-order valence-corrected chi connectivity index (χ0v) is 11.8. The second-order valence-electron chi connectivity index (χ2n) is 4.36. The summed E-state index contributed by atoms with van der Waals surface area (Å²) in [6.45, 7) is 2.57. The SMILES string of the molecule is COCC(Nc1c(C)ccnc1Cl)c1ccccc1. The molecule has 1 aromatic heterocycles. The first kappa shape index (κ1) is 13.8. The lowest BCUT2D eigenvalue weighted by molar-refractivity contribution is 0.186. The highest BCUT2D eigenvalue weighted by molar-refractivity contribution is 6.32. The van der Waals surface area contributed by atoms with Gasteiger partial charge in [-0.2, -0.15) is 0 Å². The number of halogens is 1. The van der Waals surface area contributed by atoms with E-state index in [0.29, 0.717) is 11.8 Å². The van der Waals surface area contributed by atoms with Gasteiger partial charge in [-0.05, 0) is 24.1 Å². The number of aryl methyl sites for hydroxylation is 1. The van der Waals surface area contributed by atoms with Crippen LogP contribution in [0, 0.1) is 6.92 Å². The van der Waals surface area contributed by atoms with Crippen LogP contribution in [-0.4, -0.2) is 18.7 Å². The first-order chi connectivity index (χ1) is 9.22. The molecule has 1 heterocycles. The van der Waals surface area contributed by atoms with Crippen molar-refractivity contribution < 1.29 is 4.74 Å². The summed E-state index contributed by atoms with van der Waals surface area (Å²) in [5.74, 6) is 0. The predicted octanol–water partition coefficient (Wildman–Crippen LogP) is 3.84. The number of nitrogens with one attached hydrogen (secondary N) is 1. The van der Waals surface area contributed by atoms with Crippen molar-refractivity contribution in [3.05, 3.63) is 58.9 Å². The van der Waals surface area contributed by atoms with Crippen LogP contribution >= 0.6 is 11.6 Å². The standard InChI is InChI=1S/C15H17ClN2O/c1-11-8-9-17-15(16)14(11)18-13(10-19-2)12-6-4-3-5-7-12/h3-9,13,18H,10H2,1-2H3. The van der Waals surface area contributed by atoms with Crippen molar-refractivity contribution >= 4 is 17.3 Å². The molecule has 1 unspecified atom stereocenters. The van der Waals surface area contributed by atoms with Gasteiger partial charge in [-0.15, -0.1) is 0 Å². The number of methoxy groups -OCH3 is 1. The molecule has 0 spiro atoms. The molecule has 1 aromatic carbocycles. The summed E-state index contributed by atoms with van der Waals surface area (Å²) in [6.07, 6.45) is 1.71. The maximum atomic E-state index is 6.15. The Bertz CT molecular complexity index is 511. The first-order valence-electron chi connectivity index (χ1n) is 6.14. The highest BCUT2D eigenvalue weighted by Crippen LogP contribution is 2.27. The minimum absolute atomic E-state index is 0.0478. The summed E-state index contributed by atoms with van der Waals surface area (Å²) >= 11 is 6.15. The van der Waals surface area contributed by atoms with Gasteiger partial charge < -0.3 is 10.1 Å². The molecule has 0 aliphatic rings. The summed E-state index contributed by atoms with van der Waals surface area (Å²) < 4.78 is 5.28. The molecule has 2 aromatic rings. The van der Waals surface area contributed by atoms with Crippen molar-refractivity contribution in [1.29, 1.82) is 0 Å². The van der Waals surface area contributed by atoms with Gasteiger partial charge in [0.2, 0.25) is 0 Å². The van der Waals surface area contributed by atoms with Crippen LogP contribution in [-0.2, 0) is 4.74 Å². The number of aromatic nitrogens is 1. The van der Waals surface area contributed by atoms with Crippen LogP contribution in [0.1, 0.15) is 17.2 Å². The maximum Gasteiger partial charge on any atom is 0.152 e. The lowest BCUT2D eigenvalue weighted by atomic mass is 10.1. The monoisotopic (exact) mass is 276 g/mol. The molecule has 0 saturated carbocycles. The zero-order chi connectivity index (χ0) is 13.7. The third-order valence-electron chi connectivity index (χ3n) is 2.97. The number of hydrogen-bond acceptors (Lipinski definition) is 3. The van der Waals surface area contributed by atoms with Crippen LogP contribution in [0.25, 0.3) is 0 Å². The molecule has 1 atom stereocenters. The Morgan fingerprint density at radius 2 is 2.00 bits per heavy atom. The fourth-order valence-electron chi connectivity index (χ4n) is 1.95. The molecule has 0 aliphatic carbocycles. The van der Waals surface area contributed by atoms with Crippen molar-refractivity contribution in [2.75, 3.05) is 19.0 Å². The summed E-state index contributed by atoms with van der Waals surface area (Å²) in [4.78, 5) is 4.11. The minimum Gasteiger partial charge on any atom is -0.382 e. The number of pyridine rings is 1. The molecule has 100 valence electrons. The molecule has 0 amide bonds. The Balaban J connectivity index is 2.27. The van der Waals surface area contributed by atoms with E-state index in [1.165, 1.54) is 0 Å². The van der Waals surface area contributed by atoms with Crippen molar-refractivity contribution in [3.8, 4) is 0 Å². The fraction of sp³-hybridized carbons (Fsp3) is 0.267. The molecular weight excluding hydrogens is 260 g/mol. The molecule has 3 nitrogen and oxygen atoms in total. The Labute approximate surface area is 118 Å². The zero-order valence-electron chi connectivity index (χ0n) is 11.1. The highest BCUT2D eigenvalue weighted by Gasteiger charge is 2.14. The van der Waals surface area contributed by atoms with Crippen LogP contribution in [0.15, 0.2) is 42.6 Å². The molecule has 0 radical (unpaired) electrons. The van der Waals surface area contributed by atoms with E-state index in [9.17, 15) is 0 Å². The summed E-state index contributed by atoms with van der Waals surface area (Å²) in [5, 5.41) is 3.90. The van der Waals surface area contributed by atoms with E-state index in [4.69, 9.17) is 16.3 Å². The number of benzene rings is 1. The Kier molecular flexibility index (Phi) is 4.77. The van der Waals surface area contributed by atoms with E-state index in [0.717, 1.165) is 16.8 Å². The van der Waals surface area contributed by atoms with E-state index in [-0.39, 0.29) is 6.04 Å². The Morgan fingerprint density at radius 3 is 2.63 bits per heavy atom. The minimum atomic E-state index is 0.0478. The molecule has 2 rings (SSSR count). The molecule has 0 saturated heterocycles.